The van der Waals surface area contributed by atoms with Crippen molar-refractivity contribution in [3.8, 4) is 0 Å². The van der Waals surface area contributed by atoms with Crippen LogP contribution >= 0.6 is 0 Å². The number of aryl methyl sites for hydroxylation is 1. The number of hydrogen-bond acceptors (Lipinski definition) is 5. The number of carbonyl (C=O) groups excluding carboxylic acids is 2. The van der Waals surface area contributed by atoms with Crippen LogP contribution in [0.25, 0.3) is 10.9 Å². The average molecular weight is 436 g/mol. The zero-order valence-corrected chi connectivity index (χ0v) is 18.9. The molecule has 1 aliphatic rings. The third-order valence-electron chi connectivity index (χ3n) is 5.99. The second-order valence-corrected chi connectivity index (χ2v) is 8.17. The third kappa shape index (κ3) is 4.50. The van der Waals surface area contributed by atoms with Gasteiger partial charge in [-0.15, -0.1) is 0 Å². The van der Waals surface area contributed by atoms with Gasteiger partial charge in [0.2, 0.25) is 11.8 Å². The van der Waals surface area contributed by atoms with Gasteiger partial charge in [0.25, 0.3) is 0 Å². The van der Waals surface area contributed by atoms with Gasteiger partial charge in [-0.1, -0.05) is 18.2 Å². The standard InChI is InChI=1S/C24H29N5O3/c1-16-18-8-9-23(31)29(12-10-17-14-25-20-7-5-4-6-19(17)20)24(18)27-21(26-16)15-28(2)22(30)11-13-32-3/h4-7,14,25H,8-13,15H2,1-3H3. The minimum absolute atomic E-state index is 0.0295. The third-order valence-corrected chi connectivity index (χ3v) is 5.99. The van der Waals surface area contributed by atoms with Gasteiger partial charge < -0.3 is 14.6 Å². The first-order valence-corrected chi connectivity index (χ1v) is 10.9. The molecule has 0 aliphatic carbocycles. The number of carbonyl (C=O) groups is 2. The van der Waals surface area contributed by atoms with Gasteiger partial charge in [0, 0.05) is 55.5 Å². The Morgan fingerprint density at radius 1 is 1.25 bits per heavy atom. The number of aromatic nitrogens is 3. The Hall–Kier alpha value is -3.26. The van der Waals surface area contributed by atoms with Crippen LogP contribution in [-0.2, 0) is 33.7 Å². The largest absolute Gasteiger partial charge is 0.384 e. The van der Waals surface area contributed by atoms with E-state index in [9.17, 15) is 9.59 Å². The second-order valence-electron chi connectivity index (χ2n) is 8.17. The van der Waals surface area contributed by atoms with Crippen molar-refractivity contribution in [2.24, 2.45) is 0 Å². The fourth-order valence-corrected chi connectivity index (χ4v) is 4.19. The number of para-hydroxylation sites is 1. The lowest BCUT2D eigenvalue weighted by Gasteiger charge is -2.29. The molecule has 2 aromatic heterocycles. The maximum Gasteiger partial charge on any atom is 0.228 e. The van der Waals surface area contributed by atoms with Crippen LogP contribution in [0.15, 0.2) is 30.5 Å². The zero-order chi connectivity index (χ0) is 22.7. The van der Waals surface area contributed by atoms with Crippen LogP contribution in [-0.4, -0.2) is 59.0 Å². The van der Waals surface area contributed by atoms with Gasteiger partial charge in [-0.3, -0.25) is 14.5 Å². The van der Waals surface area contributed by atoms with Gasteiger partial charge in [-0.05, 0) is 31.4 Å². The number of ether oxygens (including phenoxy) is 1. The molecule has 0 spiro atoms. The summed E-state index contributed by atoms with van der Waals surface area (Å²) in [5.74, 6) is 1.27. The maximum absolute atomic E-state index is 12.8. The second kappa shape index (κ2) is 9.48. The molecule has 3 aromatic rings. The van der Waals surface area contributed by atoms with Crippen molar-refractivity contribution in [1.29, 1.82) is 0 Å². The topological polar surface area (TPSA) is 91.4 Å². The molecule has 3 heterocycles. The number of hydrogen-bond donors (Lipinski definition) is 1. The van der Waals surface area contributed by atoms with Crippen molar-refractivity contribution >= 4 is 28.5 Å². The summed E-state index contributed by atoms with van der Waals surface area (Å²) < 4.78 is 4.99. The highest BCUT2D eigenvalue weighted by Gasteiger charge is 2.28. The lowest BCUT2D eigenvalue weighted by molar-refractivity contribution is -0.131. The summed E-state index contributed by atoms with van der Waals surface area (Å²) in [4.78, 5) is 41.1. The molecule has 8 nitrogen and oxygen atoms in total. The van der Waals surface area contributed by atoms with Crippen LogP contribution < -0.4 is 4.90 Å². The van der Waals surface area contributed by atoms with E-state index in [1.54, 1.807) is 24.0 Å². The predicted molar refractivity (Wildman–Crippen MR) is 122 cm³/mol. The quantitative estimate of drug-likeness (QED) is 0.588. The number of H-pyrrole nitrogens is 1. The molecule has 0 saturated carbocycles. The Balaban J connectivity index is 1.55. The molecule has 32 heavy (non-hydrogen) atoms. The summed E-state index contributed by atoms with van der Waals surface area (Å²) in [6, 6.07) is 8.17. The summed E-state index contributed by atoms with van der Waals surface area (Å²) in [7, 11) is 3.31. The lowest BCUT2D eigenvalue weighted by atomic mass is 10.0. The molecule has 1 aliphatic heterocycles. The predicted octanol–water partition coefficient (Wildman–Crippen LogP) is 2.78. The molecule has 0 fully saturated rings. The number of nitrogens with one attached hydrogen (secondary N) is 1. The van der Waals surface area contributed by atoms with Gasteiger partial charge in [-0.25, -0.2) is 9.97 Å². The monoisotopic (exact) mass is 435 g/mol. The van der Waals surface area contributed by atoms with E-state index in [-0.39, 0.29) is 11.8 Å². The van der Waals surface area contributed by atoms with Crippen LogP contribution in [0.4, 0.5) is 5.82 Å². The molecule has 2 amide bonds. The number of rotatable bonds is 8. The zero-order valence-electron chi connectivity index (χ0n) is 18.9. The molecule has 1 N–H and O–H groups in total. The first-order valence-electron chi connectivity index (χ1n) is 10.9. The van der Waals surface area contributed by atoms with Crippen LogP contribution in [0.1, 0.15) is 35.5 Å². The fourth-order valence-electron chi connectivity index (χ4n) is 4.19. The molecule has 0 saturated heterocycles. The van der Waals surface area contributed by atoms with Crippen LogP contribution in [0.3, 0.4) is 0 Å². The Bertz CT molecular complexity index is 1140. The molecule has 4 rings (SSSR count). The first kappa shape index (κ1) is 22.0. The highest BCUT2D eigenvalue weighted by Crippen LogP contribution is 2.29. The maximum atomic E-state index is 12.8. The minimum atomic E-state index is -0.0295. The molecular formula is C24H29N5O3. The van der Waals surface area contributed by atoms with Gasteiger partial charge in [0.1, 0.15) is 11.6 Å². The van der Waals surface area contributed by atoms with Crippen molar-refractivity contribution in [1.82, 2.24) is 19.9 Å². The van der Waals surface area contributed by atoms with E-state index < -0.39 is 0 Å². The number of anilines is 1. The normalized spacial score (nSPS) is 13.5. The van der Waals surface area contributed by atoms with E-state index in [0.717, 1.165) is 23.2 Å². The van der Waals surface area contributed by atoms with Crippen molar-refractivity contribution in [3.63, 3.8) is 0 Å². The van der Waals surface area contributed by atoms with Crippen molar-refractivity contribution in [2.75, 3.05) is 32.2 Å². The number of amides is 2. The molecule has 0 atom stereocenters. The molecule has 168 valence electrons. The molecule has 0 unspecified atom stereocenters. The minimum Gasteiger partial charge on any atom is -0.384 e. The SMILES string of the molecule is COCCC(=O)N(C)Cc1nc(C)c2c(n1)N(CCc1c[nH]c3ccccc13)C(=O)CC2. The van der Waals surface area contributed by atoms with E-state index in [0.29, 0.717) is 50.6 Å². The van der Waals surface area contributed by atoms with E-state index in [1.165, 1.54) is 10.9 Å². The Kier molecular flexibility index (Phi) is 6.50. The number of nitrogens with zero attached hydrogens (tertiary/aromatic N) is 4. The van der Waals surface area contributed by atoms with Gasteiger partial charge in [0.15, 0.2) is 0 Å². The molecule has 0 bridgehead atoms. The van der Waals surface area contributed by atoms with Crippen molar-refractivity contribution in [2.45, 2.75) is 39.2 Å². The highest BCUT2D eigenvalue weighted by molar-refractivity contribution is 5.95. The van der Waals surface area contributed by atoms with Crippen LogP contribution in [0.5, 0.6) is 0 Å². The van der Waals surface area contributed by atoms with Gasteiger partial charge >= 0.3 is 0 Å². The van der Waals surface area contributed by atoms with Crippen LogP contribution in [0, 0.1) is 6.92 Å². The lowest BCUT2D eigenvalue weighted by Crippen LogP contribution is -2.38. The summed E-state index contributed by atoms with van der Waals surface area (Å²) in [6.07, 6.45) is 4.15. The Morgan fingerprint density at radius 2 is 2.06 bits per heavy atom. The van der Waals surface area contributed by atoms with Crippen molar-refractivity contribution < 1.29 is 14.3 Å². The Morgan fingerprint density at radius 3 is 2.88 bits per heavy atom. The van der Waals surface area contributed by atoms with Crippen molar-refractivity contribution in [3.05, 3.63) is 53.1 Å². The molecule has 1 aromatic carbocycles. The number of benzene rings is 1. The first-order chi connectivity index (χ1) is 15.5. The summed E-state index contributed by atoms with van der Waals surface area (Å²) in [6.45, 7) is 3.17. The van der Waals surface area contributed by atoms with E-state index in [4.69, 9.17) is 9.72 Å². The number of fused-ring (bicyclic) bond motifs is 2. The number of aromatic amines is 1. The smallest absolute Gasteiger partial charge is 0.228 e. The number of methoxy groups -OCH3 is 1. The highest BCUT2D eigenvalue weighted by atomic mass is 16.5. The molecule has 8 heteroatoms. The fraction of sp³-hybridized carbons (Fsp3) is 0.417. The summed E-state index contributed by atoms with van der Waals surface area (Å²) in [5.41, 5.74) is 4.15. The van der Waals surface area contributed by atoms with Gasteiger partial charge in [-0.2, -0.15) is 0 Å². The van der Waals surface area contributed by atoms with E-state index in [2.05, 4.69) is 16.0 Å². The summed E-state index contributed by atoms with van der Waals surface area (Å²) in [5, 5.41) is 1.17. The molecule has 0 radical (unpaired) electrons. The summed E-state index contributed by atoms with van der Waals surface area (Å²) >= 11 is 0. The average Bonchev–Trinajstić information content (AvgIpc) is 3.20. The molecular weight excluding hydrogens is 406 g/mol. The van der Waals surface area contributed by atoms with E-state index >= 15 is 0 Å². The van der Waals surface area contributed by atoms with Crippen LogP contribution in [0.2, 0.25) is 0 Å². The Labute approximate surface area is 187 Å². The van der Waals surface area contributed by atoms with E-state index in [1.807, 2.05) is 31.3 Å². The van der Waals surface area contributed by atoms with Gasteiger partial charge in [0.05, 0.1) is 19.6 Å².